The molecular weight excluding hydrogens is 537 g/mol. The molecular formula is C31H45NO2Sn. The molecule has 2 fully saturated rings. The number of nitrogens with zero attached hydrogens (tertiary/aromatic N) is 1. The van der Waals surface area contributed by atoms with E-state index in [1.807, 2.05) is 0 Å². The third-order valence-electron chi connectivity index (χ3n) is 8.49. The average molecular weight is 582 g/mol. The summed E-state index contributed by atoms with van der Waals surface area (Å²) in [6, 6.07) is 21.5. The molecule has 0 radical (unpaired) electrons. The molecule has 0 unspecified atom stereocenters. The van der Waals surface area contributed by atoms with Gasteiger partial charge in [0, 0.05) is 0 Å². The molecule has 2 aliphatic rings. The number of fused-ring (bicyclic) bond motifs is 1. The van der Waals surface area contributed by atoms with Crippen molar-refractivity contribution < 1.29 is 9.53 Å². The van der Waals surface area contributed by atoms with E-state index < -0.39 is 18.4 Å². The number of likely N-dealkylation sites (tertiary alicyclic amines) is 1. The number of rotatable bonds is 14. The van der Waals surface area contributed by atoms with Gasteiger partial charge in [0.25, 0.3) is 0 Å². The zero-order chi connectivity index (χ0) is 24.7. The molecule has 0 aliphatic carbocycles. The summed E-state index contributed by atoms with van der Waals surface area (Å²) in [5, 5.41) is 0. The minimum absolute atomic E-state index is 0.0527. The Kier molecular flexibility index (Phi) is 9.74. The normalized spacial score (nSPS) is 23.9. The summed E-state index contributed by atoms with van der Waals surface area (Å²) >= 11 is -2.44. The summed E-state index contributed by atoms with van der Waals surface area (Å²) in [5.41, 5.74) is 2.49. The van der Waals surface area contributed by atoms with Crippen molar-refractivity contribution in [1.29, 1.82) is 0 Å². The van der Waals surface area contributed by atoms with E-state index in [0.29, 0.717) is 12.5 Å². The number of ether oxygens (including phenoxy) is 1. The molecule has 0 spiro atoms. The molecule has 0 bridgehead atoms. The van der Waals surface area contributed by atoms with Gasteiger partial charge >= 0.3 is 218 Å². The third kappa shape index (κ3) is 6.15. The van der Waals surface area contributed by atoms with E-state index in [9.17, 15) is 4.79 Å². The summed E-state index contributed by atoms with van der Waals surface area (Å²) in [6.45, 7) is 7.77. The molecule has 4 atom stereocenters. The molecule has 0 aromatic heterocycles. The van der Waals surface area contributed by atoms with Crippen LogP contribution in [0.4, 0.5) is 0 Å². The fourth-order valence-corrected chi connectivity index (χ4v) is 24.1. The predicted molar refractivity (Wildman–Crippen MR) is 148 cm³/mol. The standard InChI is InChI=1S/C19H18NO2.3C4H9.Sn/c1-13-16-18(22-17(13)15-10-6-3-7-11-15)19(21)20(16)12-14-8-4-2-5-9-14;3*1-3-4-2;/h2-11,13,16-18H,1,12H2;3*1,3-4H2,2H3;/t13-,16-,17+,18+;;;;/m1..../s1. The zero-order valence-corrected chi connectivity index (χ0v) is 25.0. The van der Waals surface area contributed by atoms with E-state index in [1.165, 1.54) is 67.4 Å². The minimum atomic E-state index is -2.44. The molecule has 3 nitrogen and oxygen atoms in total. The number of β-lactam (4-membered cyclic amide) rings is 1. The van der Waals surface area contributed by atoms with Crippen LogP contribution in [0.1, 0.15) is 76.5 Å². The van der Waals surface area contributed by atoms with E-state index in [-0.39, 0.29) is 24.2 Å². The van der Waals surface area contributed by atoms with Crippen LogP contribution in [0.2, 0.25) is 17.7 Å². The first-order valence-corrected chi connectivity index (χ1v) is 22.2. The van der Waals surface area contributed by atoms with Crippen LogP contribution in [0.5, 0.6) is 0 Å². The van der Waals surface area contributed by atoms with Gasteiger partial charge in [0.15, 0.2) is 0 Å². The van der Waals surface area contributed by atoms with Crippen molar-refractivity contribution in [3.8, 4) is 0 Å². The van der Waals surface area contributed by atoms with Crippen molar-refractivity contribution in [1.82, 2.24) is 4.90 Å². The monoisotopic (exact) mass is 583 g/mol. The molecule has 0 saturated carbocycles. The van der Waals surface area contributed by atoms with E-state index in [0.717, 1.165) is 0 Å². The van der Waals surface area contributed by atoms with Crippen LogP contribution in [0.3, 0.4) is 0 Å². The topological polar surface area (TPSA) is 29.5 Å². The summed E-state index contributed by atoms with van der Waals surface area (Å²) in [4.78, 5) is 15.4. The van der Waals surface area contributed by atoms with Gasteiger partial charge in [0.2, 0.25) is 0 Å². The molecule has 2 heterocycles. The molecule has 0 N–H and O–H groups in total. The van der Waals surface area contributed by atoms with Crippen LogP contribution >= 0.6 is 0 Å². The molecule has 4 rings (SSSR count). The first-order chi connectivity index (χ1) is 17.1. The maximum absolute atomic E-state index is 13.3. The fourth-order valence-electron chi connectivity index (χ4n) is 6.57. The van der Waals surface area contributed by atoms with Crippen LogP contribution in [0.15, 0.2) is 60.7 Å². The molecule has 1 amide bonds. The first kappa shape index (κ1) is 26.7. The Labute approximate surface area is 217 Å². The number of unbranched alkanes of at least 4 members (excludes halogenated alkanes) is 3. The van der Waals surface area contributed by atoms with Gasteiger partial charge < -0.3 is 0 Å². The van der Waals surface area contributed by atoms with Gasteiger partial charge in [-0.25, -0.2) is 0 Å². The van der Waals surface area contributed by atoms with Crippen molar-refractivity contribution >= 4 is 24.3 Å². The first-order valence-electron chi connectivity index (χ1n) is 14.2. The van der Waals surface area contributed by atoms with Crippen LogP contribution in [-0.2, 0) is 16.1 Å². The second kappa shape index (κ2) is 12.8. The van der Waals surface area contributed by atoms with E-state index >= 15 is 0 Å². The van der Waals surface area contributed by atoms with Gasteiger partial charge in [-0.2, -0.15) is 0 Å². The van der Waals surface area contributed by atoms with Gasteiger partial charge in [-0.1, -0.05) is 0 Å². The fraction of sp³-hybridized carbons (Fsp3) is 0.581. The van der Waals surface area contributed by atoms with Gasteiger partial charge in [-0.3, -0.25) is 0 Å². The summed E-state index contributed by atoms with van der Waals surface area (Å²) in [5.74, 6) is 0.629. The molecule has 35 heavy (non-hydrogen) atoms. The Bertz CT molecular complexity index is 896. The Balaban J connectivity index is 1.65. The van der Waals surface area contributed by atoms with Crippen molar-refractivity contribution in [2.45, 2.75) is 102 Å². The Hall–Kier alpha value is -1.33. The molecule has 2 aromatic rings. The number of hydrogen-bond donors (Lipinski definition) is 0. The molecule has 2 aliphatic heterocycles. The maximum atomic E-state index is 13.3. The Morgan fingerprint density at radius 1 is 0.771 bits per heavy atom. The van der Waals surface area contributed by atoms with Gasteiger partial charge in [0.1, 0.15) is 0 Å². The summed E-state index contributed by atoms with van der Waals surface area (Å²) in [7, 11) is 0. The van der Waals surface area contributed by atoms with Gasteiger partial charge in [0.05, 0.1) is 0 Å². The second-order valence-corrected chi connectivity index (χ2v) is 25.0. The number of hydrogen-bond acceptors (Lipinski definition) is 2. The van der Waals surface area contributed by atoms with Crippen molar-refractivity contribution in [3.05, 3.63) is 71.8 Å². The number of carbonyl (C=O) groups is 1. The zero-order valence-electron chi connectivity index (χ0n) is 22.1. The quantitative estimate of drug-likeness (QED) is 0.167. The van der Waals surface area contributed by atoms with Crippen LogP contribution in [-0.4, -0.2) is 41.3 Å². The van der Waals surface area contributed by atoms with Crippen LogP contribution in [0.25, 0.3) is 0 Å². The Morgan fingerprint density at radius 3 is 1.86 bits per heavy atom. The number of carbonyl (C=O) groups excluding carboxylic acids is 1. The van der Waals surface area contributed by atoms with Gasteiger partial charge in [-0.05, 0) is 0 Å². The van der Waals surface area contributed by atoms with Crippen molar-refractivity contribution in [2.24, 2.45) is 5.92 Å². The average Bonchev–Trinajstić information content (AvgIpc) is 3.23. The molecule has 4 heteroatoms. The van der Waals surface area contributed by atoms with E-state index in [2.05, 4.69) is 86.3 Å². The molecule has 2 saturated heterocycles. The second-order valence-electron chi connectivity index (χ2n) is 11.0. The number of amides is 1. The van der Waals surface area contributed by atoms with Gasteiger partial charge in [-0.15, -0.1) is 0 Å². The third-order valence-corrected chi connectivity index (χ3v) is 24.4. The van der Waals surface area contributed by atoms with Crippen molar-refractivity contribution in [3.63, 3.8) is 0 Å². The van der Waals surface area contributed by atoms with Crippen LogP contribution in [0, 0.1) is 5.92 Å². The van der Waals surface area contributed by atoms with E-state index in [4.69, 9.17) is 4.74 Å². The van der Waals surface area contributed by atoms with E-state index in [1.54, 1.807) is 0 Å². The molecule has 2 aromatic carbocycles. The summed E-state index contributed by atoms with van der Waals surface area (Å²) in [6.07, 6.45) is 7.84. The summed E-state index contributed by atoms with van der Waals surface area (Å²) < 4.78 is 12.5. The Morgan fingerprint density at radius 2 is 1.31 bits per heavy atom. The SMILES string of the molecule is CCC[CH2][Sn]([CH2]CCC)([CH2]CCC)[CH2][C@@H]1[C@@H]2[C@H](O[C@@H]1c1ccccc1)C(=O)N2Cc1ccccc1. The molecule has 190 valence electrons. The van der Waals surface area contributed by atoms with Crippen LogP contribution < -0.4 is 0 Å². The predicted octanol–water partition coefficient (Wildman–Crippen LogP) is 8.00. The van der Waals surface area contributed by atoms with Crippen molar-refractivity contribution in [2.75, 3.05) is 0 Å². The number of benzene rings is 2.